The minimum atomic E-state index is -0.879. The fraction of sp³-hybridized carbons (Fsp3) is 0.867. The quantitative estimate of drug-likeness (QED) is 0.777. The van der Waals surface area contributed by atoms with Crippen LogP contribution in [0.3, 0.4) is 0 Å². The van der Waals surface area contributed by atoms with Crippen LogP contribution in [0.4, 0.5) is 4.79 Å². The second kappa shape index (κ2) is 7.50. The molecule has 5 nitrogen and oxygen atoms in total. The van der Waals surface area contributed by atoms with Gasteiger partial charge in [-0.25, -0.2) is 4.79 Å². The summed E-state index contributed by atoms with van der Waals surface area (Å²) >= 11 is 0. The first-order chi connectivity index (χ1) is 9.28. The van der Waals surface area contributed by atoms with E-state index in [-0.39, 0.29) is 18.4 Å². The van der Waals surface area contributed by atoms with Gasteiger partial charge in [-0.2, -0.15) is 0 Å². The summed E-state index contributed by atoms with van der Waals surface area (Å²) in [6.45, 7) is 5.39. The Bertz CT molecular complexity index is 327. The van der Waals surface area contributed by atoms with Crippen molar-refractivity contribution in [1.29, 1.82) is 0 Å². The lowest BCUT2D eigenvalue weighted by atomic mass is 9.90. The molecular weight excluding hydrogens is 258 g/mol. The van der Waals surface area contributed by atoms with Crippen LogP contribution < -0.4 is 5.32 Å². The van der Waals surface area contributed by atoms with Crippen LogP contribution in [-0.2, 0) is 9.53 Å². The molecule has 0 saturated heterocycles. The van der Waals surface area contributed by atoms with Gasteiger partial charge in [0.25, 0.3) is 0 Å². The number of nitrogens with one attached hydrogen (secondary N) is 1. The number of hydrogen-bond donors (Lipinski definition) is 2. The number of carbonyl (C=O) groups is 2. The Kier molecular flexibility index (Phi) is 6.30. The highest BCUT2D eigenvalue weighted by atomic mass is 16.6. The number of amides is 1. The zero-order chi connectivity index (χ0) is 15.2. The number of carbonyl (C=O) groups excluding carboxylic acids is 1. The summed E-state index contributed by atoms with van der Waals surface area (Å²) in [5.41, 5.74) is -0.568. The Morgan fingerprint density at radius 1 is 1.20 bits per heavy atom. The summed E-state index contributed by atoms with van der Waals surface area (Å²) in [6, 6.07) is -0.333. The van der Waals surface area contributed by atoms with Crippen molar-refractivity contribution >= 4 is 12.1 Å². The molecule has 5 heteroatoms. The molecule has 1 aliphatic carbocycles. The molecule has 0 bridgehead atoms. The van der Waals surface area contributed by atoms with E-state index < -0.39 is 17.7 Å². The minimum Gasteiger partial charge on any atom is -0.481 e. The average Bonchev–Trinajstić information content (AvgIpc) is 2.52. The van der Waals surface area contributed by atoms with Crippen LogP contribution in [0.25, 0.3) is 0 Å². The zero-order valence-corrected chi connectivity index (χ0v) is 12.8. The van der Waals surface area contributed by atoms with E-state index in [9.17, 15) is 9.59 Å². The van der Waals surface area contributed by atoms with Crippen LogP contribution in [-0.4, -0.2) is 28.8 Å². The molecule has 0 aromatic carbocycles. The second-order valence-corrected chi connectivity index (χ2v) is 6.60. The van der Waals surface area contributed by atoms with Crippen LogP contribution in [0.5, 0.6) is 0 Å². The Hall–Kier alpha value is -1.26. The molecule has 1 saturated carbocycles. The summed E-state index contributed by atoms with van der Waals surface area (Å²) in [7, 11) is 0. The highest BCUT2D eigenvalue weighted by Gasteiger charge is 2.28. The van der Waals surface area contributed by atoms with E-state index >= 15 is 0 Å². The molecule has 116 valence electrons. The Morgan fingerprint density at radius 2 is 1.75 bits per heavy atom. The first kappa shape index (κ1) is 16.8. The van der Waals surface area contributed by atoms with Crippen LogP contribution in [0.15, 0.2) is 0 Å². The molecule has 1 fully saturated rings. The molecule has 20 heavy (non-hydrogen) atoms. The van der Waals surface area contributed by atoms with Gasteiger partial charge in [0.15, 0.2) is 0 Å². The van der Waals surface area contributed by atoms with Gasteiger partial charge in [0.2, 0.25) is 0 Å². The normalized spacial score (nSPS) is 18.9. The van der Waals surface area contributed by atoms with Crippen molar-refractivity contribution in [2.45, 2.75) is 77.4 Å². The summed E-state index contributed by atoms with van der Waals surface area (Å²) in [6.07, 6.45) is 6.01. The Balaban J connectivity index is 2.63. The van der Waals surface area contributed by atoms with E-state index in [4.69, 9.17) is 9.84 Å². The summed E-state index contributed by atoms with van der Waals surface area (Å²) in [5.74, 6) is -0.642. The summed E-state index contributed by atoms with van der Waals surface area (Å²) < 4.78 is 5.23. The standard InChI is InChI=1S/C15H27NO4/c1-15(2,3)20-14(19)16-12(10-13(17)18)11-8-6-4-5-7-9-11/h11-12H,4-10H2,1-3H3,(H,16,19)(H,17,18)/t12-/m0/s1. The van der Waals surface area contributed by atoms with Crippen LogP contribution >= 0.6 is 0 Å². The number of rotatable bonds is 4. The third kappa shape index (κ3) is 6.78. The highest BCUT2D eigenvalue weighted by molar-refractivity contribution is 5.71. The summed E-state index contributed by atoms with van der Waals surface area (Å²) in [5, 5.41) is 11.8. The van der Waals surface area contributed by atoms with Gasteiger partial charge in [-0.3, -0.25) is 4.79 Å². The lowest BCUT2D eigenvalue weighted by molar-refractivity contribution is -0.137. The van der Waals surface area contributed by atoms with Crippen molar-refractivity contribution in [3.8, 4) is 0 Å². The molecule has 1 aliphatic rings. The summed E-state index contributed by atoms with van der Waals surface area (Å²) in [4.78, 5) is 22.9. The first-order valence-corrected chi connectivity index (χ1v) is 7.49. The van der Waals surface area contributed by atoms with Gasteiger partial charge < -0.3 is 15.2 Å². The smallest absolute Gasteiger partial charge is 0.407 e. The second-order valence-electron chi connectivity index (χ2n) is 6.60. The molecule has 1 amide bonds. The molecule has 0 aromatic heterocycles. The minimum absolute atomic E-state index is 0.0378. The maximum atomic E-state index is 11.9. The lowest BCUT2D eigenvalue weighted by Gasteiger charge is -2.28. The number of carboxylic acid groups (broad SMARTS) is 1. The van der Waals surface area contributed by atoms with Gasteiger partial charge in [0.05, 0.1) is 6.42 Å². The third-order valence-electron chi connectivity index (χ3n) is 3.57. The van der Waals surface area contributed by atoms with Crippen molar-refractivity contribution in [1.82, 2.24) is 5.32 Å². The Morgan fingerprint density at radius 3 is 2.20 bits per heavy atom. The first-order valence-electron chi connectivity index (χ1n) is 7.49. The molecule has 1 rings (SSSR count). The van der Waals surface area contributed by atoms with Crippen LogP contribution in [0.1, 0.15) is 65.7 Å². The van der Waals surface area contributed by atoms with E-state index in [2.05, 4.69) is 5.32 Å². The molecule has 1 atom stereocenters. The van der Waals surface area contributed by atoms with Crippen LogP contribution in [0.2, 0.25) is 0 Å². The molecule has 0 spiro atoms. The monoisotopic (exact) mass is 285 g/mol. The topological polar surface area (TPSA) is 75.6 Å². The lowest BCUT2D eigenvalue weighted by Crippen LogP contribution is -2.44. The molecule has 0 aromatic rings. The van der Waals surface area contributed by atoms with E-state index in [0.29, 0.717) is 0 Å². The van der Waals surface area contributed by atoms with Crippen molar-refractivity contribution in [2.75, 3.05) is 0 Å². The molecule has 0 unspecified atom stereocenters. The number of aliphatic carboxylic acids is 1. The van der Waals surface area contributed by atoms with E-state index in [1.165, 1.54) is 12.8 Å². The molecule has 2 N–H and O–H groups in total. The number of hydrogen-bond acceptors (Lipinski definition) is 3. The predicted octanol–water partition coefficient (Wildman–Crippen LogP) is 3.32. The van der Waals surface area contributed by atoms with E-state index in [0.717, 1.165) is 25.7 Å². The molecule has 0 radical (unpaired) electrons. The maximum absolute atomic E-state index is 11.9. The van der Waals surface area contributed by atoms with Gasteiger partial charge in [-0.05, 0) is 39.5 Å². The van der Waals surface area contributed by atoms with Gasteiger partial charge >= 0.3 is 12.1 Å². The number of carboxylic acids is 1. The molecular formula is C15H27NO4. The van der Waals surface area contributed by atoms with Crippen molar-refractivity contribution in [2.24, 2.45) is 5.92 Å². The predicted molar refractivity (Wildman–Crippen MR) is 76.6 cm³/mol. The van der Waals surface area contributed by atoms with Gasteiger partial charge in [0.1, 0.15) is 5.60 Å². The fourth-order valence-electron chi connectivity index (χ4n) is 2.70. The van der Waals surface area contributed by atoms with E-state index in [1.807, 2.05) is 0 Å². The third-order valence-corrected chi connectivity index (χ3v) is 3.57. The van der Waals surface area contributed by atoms with Crippen molar-refractivity contribution in [3.63, 3.8) is 0 Å². The highest BCUT2D eigenvalue weighted by Crippen LogP contribution is 2.27. The molecule has 0 heterocycles. The average molecular weight is 285 g/mol. The van der Waals surface area contributed by atoms with Crippen molar-refractivity contribution < 1.29 is 19.4 Å². The van der Waals surface area contributed by atoms with Gasteiger partial charge in [0, 0.05) is 6.04 Å². The number of ether oxygens (including phenoxy) is 1. The Labute approximate surface area is 121 Å². The largest absolute Gasteiger partial charge is 0.481 e. The molecule has 0 aliphatic heterocycles. The maximum Gasteiger partial charge on any atom is 0.407 e. The van der Waals surface area contributed by atoms with Gasteiger partial charge in [-0.15, -0.1) is 0 Å². The fourth-order valence-corrected chi connectivity index (χ4v) is 2.70. The zero-order valence-electron chi connectivity index (χ0n) is 12.8. The van der Waals surface area contributed by atoms with E-state index in [1.54, 1.807) is 20.8 Å². The van der Waals surface area contributed by atoms with Crippen molar-refractivity contribution in [3.05, 3.63) is 0 Å². The number of alkyl carbamates (subject to hydrolysis) is 1. The SMILES string of the molecule is CC(C)(C)OC(=O)N[C@@H](CC(=O)O)C1CCCCCC1. The van der Waals surface area contributed by atoms with Crippen LogP contribution in [0, 0.1) is 5.92 Å². The van der Waals surface area contributed by atoms with Gasteiger partial charge in [-0.1, -0.05) is 25.7 Å².